The molecular formula is C12H18N4O3. The van der Waals surface area contributed by atoms with Crippen molar-refractivity contribution in [1.82, 2.24) is 5.32 Å². The van der Waals surface area contributed by atoms with Crippen molar-refractivity contribution in [2.75, 3.05) is 6.54 Å². The summed E-state index contributed by atoms with van der Waals surface area (Å²) in [6.07, 6.45) is -1.20. The molecule has 7 nitrogen and oxygen atoms in total. The molecule has 1 atom stereocenters. The summed E-state index contributed by atoms with van der Waals surface area (Å²) in [5.41, 5.74) is 13.0. The van der Waals surface area contributed by atoms with Crippen LogP contribution in [0.4, 0.5) is 0 Å². The Morgan fingerprint density at radius 2 is 2.16 bits per heavy atom. The first-order valence-corrected chi connectivity index (χ1v) is 5.71. The van der Waals surface area contributed by atoms with Crippen LogP contribution in [0.5, 0.6) is 0 Å². The van der Waals surface area contributed by atoms with Crippen molar-refractivity contribution in [3.63, 3.8) is 0 Å². The van der Waals surface area contributed by atoms with Crippen molar-refractivity contribution in [3.05, 3.63) is 34.9 Å². The Labute approximate surface area is 110 Å². The monoisotopic (exact) mass is 266 g/mol. The highest BCUT2D eigenvalue weighted by Gasteiger charge is 2.10. The first kappa shape index (κ1) is 14.9. The summed E-state index contributed by atoms with van der Waals surface area (Å²) in [6, 6.07) is 5.34. The zero-order chi connectivity index (χ0) is 14.4. The summed E-state index contributed by atoms with van der Waals surface area (Å²) in [7, 11) is 0. The van der Waals surface area contributed by atoms with Crippen LogP contribution < -0.4 is 16.8 Å². The zero-order valence-corrected chi connectivity index (χ0v) is 10.6. The Bertz CT molecular complexity index is 488. The molecule has 0 aliphatic rings. The van der Waals surface area contributed by atoms with Gasteiger partial charge in [-0.25, -0.2) is 0 Å². The Hall–Kier alpha value is -2.12. The van der Waals surface area contributed by atoms with Crippen LogP contribution in [-0.4, -0.2) is 34.7 Å². The Kier molecular flexibility index (Phi) is 5.28. The molecule has 19 heavy (non-hydrogen) atoms. The van der Waals surface area contributed by atoms with E-state index in [9.17, 15) is 9.90 Å². The topological polar surface area (TPSA) is 134 Å². The lowest BCUT2D eigenvalue weighted by Gasteiger charge is -2.11. The second-order valence-electron chi connectivity index (χ2n) is 4.18. The quantitative estimate of drug-likeness (QED) is 0.195. The molecule has 1 aromatic carbocycles. The minimum absolute atomic E-state index is 0.0479. The maximum atomic E-state index is 10.6. The van der Waals surface area contributed by atoms with E-state index in [1.807, 2.05) is 13.0 Å². The van der Waals surface area contributed by atoms with E-state index in [2.05, 4.69) is 10.5 Å². The summed E-state index contributed by atoms with van der Waals surface area (Å²) in [6.45, 7) is 2.46. The van der Waals surface area contributed by atoms with Gasteiger partial charge in [-0.1, -0.05) is 17.3 Å². The van der Waals surface area contributed by atoms with Gasteiger partial charge in [0.1, 0.15) is 6.10 Å². The molecule has 104 valence electrons. The number of carbonyl (C=O) groups is 1. The third kappa shape index (κ3) is 4.23. The number of hydrogen-bond acceptors (Lipinski definition) is 5. The van der Waals surface area contributed by atoms with Gasteiger partial charge in [0.25, 0.3) is 0 Å². The van der Waals surface area contributed by atoms with Gasteiger partial charge in [0.2, 0.25) is 5.91 Å². The van der Waals surface area contributed by atoms with Crippen LogP contribution in [0.25, 0.3) is 0 Å². The lowest BCUT2D eigenvalue weighted by Crippen LogP contribution is -2.37. The lowest BCUT2D eigenvalue weighted by atomic mass is 10.0. The van der Waals surface area contributed by atoms with Crippen LogP contribution in [0.1, 0.15) is 16.7 Å². The van der Waals surface area contributed by atoms with E-state index in [1.165, 1.54) is 0 Å². The molecule has 1 aromatic rings. The molecular weight excluding hydrogens is 248 g/mol. The minimum atomic E-state index is -1.20. The third-order valence-corrected chi connectivity index (χ3v) is 2.73. The molecule has 0 spiro atoms. The number of nitrogens with one attached hydrogen (secondary N) is 1. The van der Waals surface area contributed by atoms with E-state index >= 15 is 0 Å². The van der Waals surface area contributed by atoms with Crippen LogP contribution >= 0.6 is 0 Å². The average Bonchev–Trinajstić information content (AvgIpc) is 2.39. The molecule has 1 rings (SSSR count). The van der Waals surface area contributed by atoms with Gasteiger partial charge >= 0.3 is 0 Å². The highest BCUT2D eigenvalue weighted by atomic mass is 16.4. The first-order chi connectivity index (χ1) is 8.95. The number of oxime groups is 1. The number of nitrogens with two attached hydrogens (primary N) is 2. The molecule has 0 radical (unpaired) electrons. The second-order valence-corrected chi connectivity index (χ2v) is 4.18. The summed E-state index contributed by atoms with van der Waals surface area (Å²) in [4.78, 5) is 10.6. The van der Waals surface area contributed by atoms with Crippen molar-refractivity contribution in [2.45, 2.75) is 19.6 Å². The highest BCUT2D eigenvalue weighted by Crippen LogP contribution is 2.11. The van der Waals surface area contributed by atoms with Gasteiger partial charge < -0.3 is 27.1 Å². The smallest absolute Gasteiger partial charge is 0.247 e. The molecule has 1 amide bonds. The SMILES string of the molecule is Cc1cc(/C(N)=N/O)ccc1CNCC(O)C(N)=O. The van der Waals surface area contributed by atoms with Crippen LogP contribution in [0.2, 0.25) is 0 Å². The molecule has 1 unspecified atom stereocenters. The Morgan fingerprint density at radius 1 is 1.47 bits per heavy atom. The number of amides is 1. The van der Waals surface area contributed by atoms with Crippen LogP contribution in [0.3, 0.4) is 0 Å². The summed E-state index contributed by atoms with van der Waals surface area (Å²) in [5.74, 6) is -0.710. The summed E-state index contributed by atoms with van der Waals surface area (Å²) < 4.78 is 0. The molecule has 0 saturated carbocycles. The predicted molar refractivity (Wildman–Crippen MR) is 70.6 cm³/mol. The van der Waals surface area contributed by atoms with Gasteiger partial charge in [0, 0.05) is 18.7 Å². The number of aliphatic hydroxyl groups is 1. The molecule has 0 fully saturated rings. The van der Waals surface area contributed by atoms with Gasteiger partial charge in [0.05, 0.1) is 0 Å². The van der Waals surface area contributed by atoms with Gasteiger partial charge in [-0.05, 0) is 24.1 Å². The average molecular weight is 266 g/mol. The minimum Gasteiger partial charge on any atom is -0.409 e. The molecule has 0 aliphatic heterocycles. The summed E-state index contributed by atoms with van der Waals surface area (Å²) in [5, 5.41) is 23.7. The number of aliphatic hydroxyl groups excluding tert-OH is 1. The Morgan fingerprint density at radius 3 is 2.68 bits per heavy atom. The van der Waals surface area contributed by atoms with E-state index in [0.717, 1.165) is 11.1 Å². The van der Waals surface area contributed by atoms with Gasteiger partial charge in [0.15, 0.2) is 5.84 Å². The summed E-state index contributed by atoms with van der Waals surface area (Å²) >= 11 is 0. The van der Waals surface area contributed by atoms with E-state index in [-0.39, 0.29) is 12.4 Å². The van der Waals surface area contributed by atoms with Gasteiger partial charge in [-0.3, -0.25) is 4.79 Å². The fourth-order valence-electron chi connectivity index (χ4n) is 1.56. The standard InChI is InChI=1S/C12H18N4O3/c1-7-4-8(11(13)16-19)2-3-9(7)5-15-6-10(17)12(14)18/h2-4,10,15,17,19H,5-6H2,1H3,(H2,13,16)(H2,14,18). The van der Waals surface area contributed by atoms with Crippen molar-refractivity contribution < 1.29 is 15.1 Å². The number of primary amides is 1. The van der Waals surface area contributed by atoms with E-state index in [4.69, 9.17) is 16.7 Å². The molecule has 0 heterocycles. The van der Waals surface area contributed by atoms with Crippen LogP contribution in [-0.2, 0) is 11.3 Å². The van der Waals surface area contributed by atoms with Crippen molar-refractivity contribution >= 4 is 11.7 Å². The highest BCUT2D eigenvalue weighted by molar-refractivity contribution is 5.97. The maximum Gasteiger partial charge on any atom is 0.247 e. The molecule has 0 bridgehead atoms. The normalized spacial score (nSPS) is 13.3. The van der Waals surface area contributed by atoms with E-state index in [1.54, 1.807) is 12.1 Å². The van der Waals surface area contributed by atoms with E-state index in [0.29, 0.717) is 12.1 Å². The predicted octanol–water partition coefficient (Wildman–Crippen LogP) is -0.975. The number of benzene rings is 1. The Balaban J connectivity index is 2.63. The molecule has 0 aliphatic carbocycles. The molecule has 0 aromatic heterocycles. The third-order valence-electron chi connectivity index (χ3n) is 2.73. The van der Waals surface area contributed by atoms with Crippen molar-refractivity contribution in [1.29, 1.82) is 0 Å². The number of hydrogen-bond donors (Lipinski definition) is 5. The largest absolute Gasteiger partial charge is 0.409 e. The number of nitrogens with zero attached hydrogens (tertiary/aromatic N) is 1. The number of aryl methyl sites for hydroxylation is 1. The van der Waals surface area contributed by atoms with Crippen molar-refractivity contribution in [3.8, 4) is 0 Å². The fourth-order valence-corrected chi connectivity index (χ4v) is 1.56. The molecule has 0 saturated heterocycles. The van der Waals surface area contributed by atoms with Crippen molar-refractivity contribution in [2.24, 2.45) is 16.6 Å². The maximum absolute atomic E-state index is 10.6. The zero-order valence-electron chi connectivity index (χ0n) is 10.6. The van der Waals surface area contributed by atoms with Crippen LogP contribution in [0.15, 0.2) is 23.4 Å². The second kappa shape index (κ2) is 6.72. The molecule has 7 N–H and O–H groups in total. The number of carbonyl (C=O) groups excluding carboxylic acids is 1. The first-order valence-electron chi connectivity index (χ1n) is 5.71. The van der Waals surface area contributed by atoms with Gasteiger partial charge in [-0.15, -0.1) is 0 Å². The van der Waals surface area contributed by atoms with Gasteiger partial charge in [-0.2, -0.15) is 0 Å². The number of amidine groups is 1. The number of rotatable bonds is 6. The van der Waals surface area contributed by atoms with E-state index < -0.39 is 12.0 Å². The van der Waals surface area contributed by atoms with Crippen LogP contribution in [0, 0.1) is 6.92 Å². The molecule has 7 heteroatoms. The fraction of sp³-hybridized carbons (Fsp3) is 0.333. The lowest BCUT2D eigenvalue weighted by molar-refractivity contribution is -0.125.